The van der Waals surface area contributed by atoms with E-state index >= 15 is 0 Å². The molecule has 6 nitrogen and oxygen atoms in total. The highest BCUT2D eigenvalue weighted by Crippen LogP contribution is 2.28. The first-order valence-corrected chi connectivity index (χ1v) is 6.31. The molecule has 0 atom stereocenters. The van der Waals surface area contributed by atoms with Crippen LogP contribution in [0.2, 0.25) is 0 Å². The van der Waals surface area contributed by atoms with E-state index in [0.29, 0.717) is 12.6 Å². The Morgan fingerprint density at radius 3 is 2.95 bits per heavy atom. The van der Waals surface area contributed by atoms with Gasteiger partial charge in [0.1, 0.15) is 6.61 Å². The van der Waals surface area contributed by atoms with Gasteiger partial charge in [0, 0.05) is 18.7 Å². The van der Waals surface area contributed by atoms with Crippen LogP contribution in [-0.2, 0) is 0 Å². The van der Waals surface area contributed by atoms with Gasteiger partial charge in [0.25, 0.3) is 0 Å². The van der Waals surface area contributed by atoms with E-state index in [4.69, 9.17) is 10.00 Å². The zero-order valence-corrected chi connectivity index (χ0v) is 11.0. The predicted octanol–water partition coefficient (Wildman–Crippen LogP) is 2.15. The van der Waals surface area contributed by atoms with Crippen molar-refractivity contribution in [2.45, 2.75) is 18.9 Å². The number of ether oxygens (including phenoxy) is 1. The van der Waals surface area contributed by atoms with Crippen molar-refractivity contribution in [3.8, 4) is 11.8 Å². The Kier molecular flexibility index (Phi) is 4.33. The highest BCUT2D eigenvalue weighted by atomic mass is 16.6. The van der Waals surface area contributed by atoms with Gasteiger partial charge in [0.2, 0.25) is 0 Å². The molecule has 1 aromatic carbocycles. The molecule has 0 radical (unpaired) electrons. The molecule has 0 saturated heterocycles. The SMILES string of the molecule is C=C(CNC1CC1)COc1ccc(C#N)cc1[N+](=O)[O-]. The fraction of sp³-hybridized carbons (Fsp3) is 0.357. The number of nitrogens with zero attached hydrogens (tertiary/aromatic N) is 2. The van der Waals surface area contributed by atoms with Gasteiger partial charge >= 0.3 is 5.69 Å². The highest BCUT2D eigenvalue weighted by Gasteiger charge is 2.20. The van der Waals surface area contributed by atoms with Crippen LogP contribution < -0.4 is 10.1 Å². The second-order valence-corrected chi connectivity index (χ2v) is 4.75. The molecule has 2 rings (SSSR count). The summed E-state index contributed by atoms with van der Waals surface area (Å²) in [6.45, 7) is 4.73. The molecule has 0 unspecified atom stereocenters. The topological polar surface area (TPSA) is 88.2 Å². The lowest BCUT2D eigenvalue weighted by atomic mass is 10.2. The van der Waals surface area contributed by atoms with Crippen molar-refractivity contribution in [2.24, 2.45) is 0 Å². The molecule has 0 aromatic heterocycles. The number of benzene rings is 1. The smallest absolute Gasteiger partial charge is 0.312 e. The van der Waals surface area contributed by atoms with Crippen molar-refractivity contribution in [1.29, 1.82) is 5.26 Å². The van der Waals surface area contributed by atoms with E-state index in [9.17, 15) is 10.1 Å². The fourth-order valence-electron chi connectivity index (χ4n) is 1.66. The summed E-state index contributed by atoms with van der Waals surface area (Å²) in [5.74, 6) is 0.154. The Bertz CT molecular complexity index is 574. The molecule has 1 aromatic rings. The number of nitriles is 1. The van der Waals surface area contributed by atoms with Gasteiger partial charge < -0.3 is 10.1 Å². The van der Waals surface area contributed by atoms with E-state index in [2.05, 4.69) is 11.9 Å². The van der Waals surface area contributed by atoms with Crippen LogP contribution in [0.1, 0.15) is 18.4 Å². The molecule has 1 aliphatic carbocycles. The lowest BCUT2D eigenvalue weighted by Crippen LogP contribution is -2.21. The Hall–Kier alpha value is -2.39. The van der Waals surface area contributed by atoms with Crippen molar-refractivity contribution >= 4 is 5.69 Å². The molecule has 6 heteroatoms. The van der Waals surface area contributed by atoms with Gasteiger partial charge in [0.15, 0.2) is 5.75 Å². The van der Waals surface area contributed by atoms with Gasteiger partial charge in [-0.25, -0.2) is 0 Å². The number of nitrogens with one attached hydrogen (secondary N) is 1. The molecule has 0 spiro atoms. The fourth-order valence-corrected chi connectivity index (χ4v) is 1.66. The van der Waals surface area contributed by atoms with Gasteiger partial charge in [-0.1, -0.05) is 6.58 Å². The number of hydrogen-bond acceptors (Lipinski definition) is 5. The van der Waals surface area contributed by atoms with Gasteiger partial charge in [-0.05, 0) is 30.5 Å². The van der Waals surface area contributed by atoms with Crippen molar-refractivity contribution in [2.75, 3.05) is 13.2 Å². The summed E-state index contributed by atoms with van der Waals surface area (Å²) >= 11 is 0. The summed E-state index contributed by atoms with van der Waals surface area (Å²) in [6.07, 6.45) is 2.38. The van der Waals surface area contributed by atoms with E-state index in [0.717, 1.165) is 5.57 Å². The standard InChI is InChI=1S/C14H15N3O3/c1-10(8-16-12-3-4-12)9-20-14-5-2-11(7-15)6-13(14)17(18)19/h2,5-6,12,16H,1,3-4,8-9H2. The number of nitro groups is 1. The Labute approximate surface area is 116 Å². The van der Waals surface area contributed by atoms with Gasteiger partial charge in [-0.3, -0.25) is 10.1 Å². The normalized spacial score (nSPS) is 13.6. The summed E-state index contributed by atoms with van der Waals surface area (Å²) < 4.78 is 5.42. The maximum absolute atomic E-state index is 10.9. The molecule has 104 valence electrons. The Morgan fingerprint density at radius 2 is 2.35 bits per heavy atom. The van der Waals surface area contributed by atoms with Crippen LogP contribution in [0.3, 0.4) is 0 Å². The minimum absolute atomic E-state index is 0.154. The minimum atomic E-state index is -0.554. The molecule has 0 heterocycles. The van der Waals surface area contributed by atoms with Crippen LogP contribution >= 0.6 is 0 Å². The summed E-state index contributed by atoms with van der Waals surface area (Å²) in [7, 11) is 0. The van der Waals surface area contributed by atoms with Gasteiger partial charge in [-0.2, -0.15) is 5.26 Å². The average molecular weight is 273 g/mol. The Balaban J connectivity index is 1.95. The van der Waals surface area contributed by atoms with Crippen molar-refractivity contribution in [1.82, 2.24) is 5.32 Å². The molecular formula is C14H15N3O3. The average Bonchev–Trinajstić information content (AvgIpc) is 3.26. The minimum Gasteiger partial charge on any atom is -0.482 e. The first-order chi connectivity index (χ1) is 9.60. The molecule has 20 heavy (non-hydrogen) atoms. The molecule has 0 bridgehead atoms. The van der Waals surface area contributed by atoms with E-state index in [1.165, 1.54) is 31.0 Å². The van der Waals surface area contributed by atoms with Crippen LogP contribution in [0.5, 0.6) is 5.75 Å². The van der Waals surface area contributed by atoms with E-state index < -0.39 is 4.92 Å². The van der Waals surface area contributed by atoms with E-state index in [-0.39, 0.29) is 23.6 Å². The third-order valence-corrected chi connectivity index (χ3v) is 2.93. The second kappa shape index (κ2) is 6.17. The molecule has 0 amide bonds. The molecule has 1 saturated carbocycles. The second-order valence-electron chi connectivity index (χ2n) is 4.75. The summed E-state index contributed by atoms with van der Waals surface area (Å²) in [6, 6.07) is 6.59. The Morgan fingerprint density at radius 1 is 1.60 bits per heavy atom. The van der Waals surface area contributed by atoms with Crippen LogP contribution in [0.25, 0.3) is 0 Å². The third kappa shape index (κ3) is 3.80. The molecule has 1 aliphatic rings. The number of hydrogen-bond donors (Lipinski definition) is 1. The number of rotatable bonds is 7. The molecule has 1 N–H and O–H groups in total. The molecule has 1 fully saturated rings. The lowest BCUT2D eigenvalue weighted by molar-refractivity contribution is -0.385. The third-order valence-electron chi connectivity index (χ3n) is 2.93. The van der Waals surface area contributed by atoms with Crippen LogP contribution in [0, 0.1) is 21.4 Å². The first kappa shape index (κ1) is 14.0. The van der Waals surface area contributed by atoms with Crippen molar-refractivity contribution in [3.63, 3.8) is 0 Å². The summed E-state index contributed by atoms with van der Waals surface area (Å²) in [4.78, 5) is 10.4. The largest absolute Gasteiger partial charge is 0.482 e. The summed E-state index contributed by atoms with van der Waals surface area (Å²) in [5, 5.41) is 23.0. The van der Waals surface area contributed by atoms with Crippen LogP contribution in [-0.4, -0.2) is 24.1 Å². The first-order valence-electron chi connectivity index (χ1n) is 6.31. The van der Waals surface area contributed by atoms with Crippen molar-refractivity contribution < 1.29 is 9.66 Å². The highest BCUT2D eigenvalue weighted by molar-refractivity contribution is 5.51. The van der Waals surface area contributed by atoms with Gasteiger partial charge in [0.05, 0.1) is 16.6 Å². The maximum Gasteiger partial charge on any atom is 0.312 e. The lowest BCUT2D eigenvalue weighted by Gasteiger charge is -2.09. The summed E-state index contributed by atoms with van der Waals surface area (Å²) in [5.41, 5.74) is 0.862. The maximum atomic E-state index is 10.9. The quantitative estimate of drug-likeness (QED) is 0.467. The number of nitro benzene ring substituents is 1. The predicted molar refractivity (Wildman–Crippen MR) is 73.5 cm³/mol. The van der Waals surface area contributed by atoms with E-state index in [1.54, 1.807) is 0 Å². The molecule has 0 aliphatic heterocycles. The van der Waals surface area contributed by atoms with Crippen LogP contribution in [0.15, 0.2) is 30.4 Å². The van der Waals surface area contributed by atoms with E-state index in [1.807, 2.05) is 6.07 Å². The zero-order valence-electron chi connectivity index (χ0n) is 11.0. The van der Waals surface area contributed by atoms with Gasteiger partial charge in [-0.15, -0.1) is 0 Å². The molecular weight excluding hydrogens is 258 g/mol. The monoisotopic (exact) mass is 273 g/mol. The van der Waals surface area contributed by atoms with Crippen LogP contribution in [0.4, 0.5) is 5.69 Å². The zero-order chi connectivity index (χ0) is 14.5. The van der Waals surface area contributed by atoms with Crippen molar-refractivity contribution in [3.05, 3.63) is 46.0 Å².